The Balaban J connectivity index is 0.962. The van der Waals surface area contributed by atoms with Gasteiger partial charge in [0.2, 0.25) is 11.8 Å². The molecule has 5 rings (SSSR count). The van der Waals surface area contributed by atoms with Gasteiger partial charge in [0.25, 0.3) is 0 Å². The summed E-state index contributed by atoms with van der Waals surface area (Å²) >= 11 is 0. The first-order chi connectivity index (χ1) is 35.5. The molecule has 1 aliphatic carbocycles. The van der Waals surface area contributed by atoms with Gasteiger partial charge in [0.1, 0.15) is 0 Å². The van der Waals surface area contributed by atoms with Gasteiger partial charge < -0.3 is 30.7 Å². The minimum absolute atomic E-state index is 0.380. The van der Waals surface area contributed by atoms with E-state index >= 15 is 0 Å². The Kier molecular flexibility index (Phi) is 33.5. The summed E-state index contributed by atoms with van der Waals surface area (Å²) in [5.74, 6) is 3.55. The number of nitrogens with one attached hydrogen (secondary N) is 3. The van der Waals surface area contributed by atoms with Crippen LogP contribution >= 0.6 is 0 Å². The predicted octanol–water partition coefficient (Wildman–Crippen LogP) is 9.84. The van der Waals surface area contributed by atoms with Crippen molar-refractivity contribution in [1.29, 1.82) is 0 Å². The maximum atomic E-state index is 13.2. The Morgan fingerprint density at radius 1 is 0.458 bits per heavy atom. The number of hydrogen-bond donors (Lipinski definition) is 3. The van der Waals surface area contributed by atoms with E-state index in [9.17, 15) is 9.59 Å². The Morgan fingerprint density at radius 2 is 0.875 bits per heavy atom. The summed E-state index contributed by atoms with van der Waals surface area (Å²) in [5.41, 5.74) is 0. The number of amides is 2. The van der Waals surface area contributed by atoms with Gasteiger partial charge >= 0.3 is 0 Å². The highest BCUT2D eigenvalue weighted by atomic mass is 16.2. The molecule has 11 heteroatoms. The number of carbonyl (C=O) groups excluding carboxylic acids is 2. The fourth-order valence-corrected chi connectivity index (χ4v) is 12.6. The predicted molar refractivity (Wildman–Crippen MR) is 306 cm³/mol. The molecule has 0 aromatic heterocycles. The van der Waals surface area contributed by atoms with Crippen LogP contribution in [0, 0.1) is 23.7 Å². The molecule has 4 atom stereocenters. The van der Waals surface area contributed by atoms with Crippen LogP contribution < -0.4 is 16.0 Å². The second-order valence-electron chi connectivity index (χ2n) is 23.1. The van der Waals surface area contributed by atoms with E-state index in [0.717, 1.165) is 136 Å². The van der Waals surface area contributed by atoms with E-state index in [0.29, 0.717) is 29.6 Å². The largest absolute Gasteiger partial charge is 0.340 e. The fourth-order valence-electron chi connectivity index (χ4n) is 12.6. The molecule has 4 aliphatic heterocycles. The van der Waals surface area contributed by atoms with Crippen LogP contribution in [0.2, 0.25) is 0 Å². The van der Waals surface area contributed by atoms with Crippen molar-refractivity contribution in [3.05, 3.63) is 24.3 Å². The van der Waals surface area contributed by atoms with Crippen molar-refractivity contribution < 1.29 is 9.59 Å². The molecule has 0 radical (unpaired) electrons. The molecule has 0 saturated carbocycles. The van der Waals surface area contributed by atoms with E-state index in [1.54, 1.807) is 0 Å². The van der Waals surface area contributed by atoms with Gasteiger partial charge in [-0.3, -0.25) is 24.3 Å². The van der Waals surface area contributed by atoms with Gasteiger partial charge in [-0.25, -0.2) is 0 Å². The summed E-state index contributed by atoms with van der Waals surface area (Å²) in [6, 6.07) is 0. The third-order valence-electron chi connectivity index (χ3n) is 17.5. The van der Waals surface area contributed by atoms with Crippen LogP contribution in [0.15, 0.2) is 24.3 Å². The fraction of sp³-hybridized carbons (Fsp3) is 0.902. The number of hydrogen-bond acceptors (Lipinski definition) is 9. The Morgan fingerprint density at radius 3 is 1.43 bits per heavy atom. The first-order valence-corrected chi connectivity index (χ1v) is 31.5. The summed E-state index contributed by atoms with van der Waals surface area (Å²) in [6.45, 7) is 28.4. The van der Waals surface area contributed by atoms with Crippen molar-refractivity contribution in [1.82, 2.24) is 45.3 Å². The molecular formula is C61H115N9O2. The minimum atomic E-state index is 0.380. The number of carbonyl (C=O) groups is 2. The standard InChI is InChI=1S/C61H115N9O2/c1-3-5-7-9-13-20-28-58-56(26-18-8-6-4-2)32-33-57(27-19-12-10-15-22-30-60(71)69-52-48-66(49-53-69)41-25-17-24-40-65-42-34-62-35-43-65)59(58)29-21-14-11-16-23-31-61(72)70-54-50-68(51-55-70)47-39-64-38-46-67-44-36-63-37-45-67/h20,28,32-33,56-59,62-64H,3-19,21-27,29-31,34-55H2,1-2H3/b28-20+. The van der Waals surface area contributed by atoms with E-state index in [-0.39, 0.29) is 0 Å². The quantitative estimate of drug-likeness (QED) is 0.0412. The molecule has 0 aromatic rings. The molecule has 416 valence electrons. The molecule has 4 unspecified atom stereocenters. The van der Waals surface area contributed by atoms with Gasteiger partial charge in [-0.05, 0) is 94.5 Å². The van der Waals surface area contributed by atoms with Gasteiger partial charge in [0.05, 0.1) is 0 Å². The highest BCUT2D eigenvalue weighted by Gasteiger charge is 2.34. The summed E-state index contributed by atoms with van der Waals surface area (Å²) in [6.07, 6.45) is 44.2. The Bertz CT molecular complexity index is 1400. The number of allylic oxidation sites excluding steroid dienone is 4. The smallest absolute Gasteiger partial charge is 0.222 e. The van der Waals surface area contributed by atoms with Gasteiger partial charge in [-0.15, -0.1) is 0 Å². The van der Waals surface area contributed by atoms with E-state index in [2.05, 4.69) is 83.5 Å². The van der Waals surface area contributed by atoms with Crippen molar-refractivity contribution in [3.63, 3.8) is 0 Å². The summed E-state index contributed by atoms with van der Waals surface area (Å²) in [7, 11) is 0. The number of unbranched alkanes of at least 4 members (excludes halogenated alkanes) is 17. The van der Waals surface area contributed by atoms with Gasteiger partial charge in [-0.1, -0.05) is 141 Å². The molecule has 72 heavy (non-hydrogen) atoms. The normalized spacial score (nSPS) is 23.2. The zero-order valence-corrected chi connectivity index (χ0v) is 47.3. The number of rotatable bonds is 39. The molecule has 5 aliphatic rings. The third-order valence-corrected chi connectivity index (χ3v) is 17.5. The van der Waals surface area contributed by atoms with E-state index in [1.807, 2.05) is 0 Å². The second kappa shape index (κ2) is 39.5. The maximum absolute atomic E-state index is 13.2. The highest BCUT2D eigenvalue weighted by Crippen LogP contribution is 2.43. The van der Waals surface area contributed by atoms with Crippen LogP contribution in [0.4, 0.5) is 0 Å². The molecule has 0 bridgehead atoms. The van der Waals surface area contributed by atoms with Crippen molar-refractivity contribution >= 4 is 11.8 Å². The second-order valence-corrected chi connectivity index (χ2v) is 23.1. The number of nitrogens with zero attached hydrogens (tertiary/aromatic N) is 6. The van der Waals surface area contributed by atoms with Crippen LogP contribution in [0.1, 0.15) is 187 Å². The topological polar surface area (TPSA) is 89.7 Å². The first-order valence-electron chi connectivity index (χ1n) is 31.5. The molecule has 4 heterocycles. The highest BCUT2D eigenvalue weighted by molar-refractivity contribution is 5.76. The summed E-state index contributed by atoms with van der Waals surface area (Å²) in [4.78, 5) is 40.9. The average Bonchev–Trinajstić information content (AvgIpc) is 3.41. The molecule has 4 fully saturated rings. The zero-order chi connectivity index (χ0) is 50.5. The Labute approximate surface area is 444 Å². The van der Waals surface area contributed by atoms with Crippen LogP contribution in [0.5, 0.6) is 0 Å². The zero-order valence-electron chi connectivity index (χ0n) is 47.3. The molecule has 3 N–H and O–H groups in total. The van der Waals surface area contributed by atoms with E-state index < -0.39 is 0 Å². The molecule has 4 saturated heterocycles. The summed E-state index contributed by atoms with van der Waals surface area (Å²) < 4.78 is 0. The molecular weight excluding hydrogens is 891 g/mol. The monoisotopic (exact) mass is 1010 g/mol. The Hall–Kier alpha value is -1.86. The molecule has 0 aromatic carbocycles. The lowest BCUT2D eigenvalue weighted by Crippen LogP contribution is -2.50. The lowest BCUT2D eigenvalue weighted by atomic mass is 9.66. The van der Waals surface area contributed by atoms with Crippen molar-refractivity contribution in [3.8, 4) is 0 Å². The number of piperazine rings is 4. The van der Waals surface area contributed by atoms with E-state index in [4.69, 9.17) is 0 Å². The maximum Gasteiger partial charge on any atom is 0.222 e. The van der Waals surface area contributed by atoms with E-state index in [1.165, 1.54) is 187 Å². The van der Waals surface area contributed by atoms with Crippen molar-refractivity contribution in [2.24, 2.45) is 23.7 Å². The van der Waals surface area contributed by atoms with Gasteiger partial charge in [0, 0.05) is 144 Å². The van der Waals surface area contributed by atoms with Crippen molar-refractivity contribution in [2.75, 3.05) is 144 Å². The van der Waals surface area contributed by atoms with Crippen LogP contribution in [-0.4, -0.2) is 185 Å². The SMILES string of the molecule is CCCCCC/C=C/C1C(CCCCCC)C=CC(CCCCCCCC(=O)N2CCN(CCCCCN3CCNCC3)CC2)C1CCCCCCCC(=O)N1CCN(CCNCCN2CCNCC2)CC1. The van der Waals surface area contributed by atoms with Crippen LogP contribution in [-0.2, 0) is 9.59 Å². The average molecular weight is 1010 g/mol. The molecule has 11 nitrogen and oxygen atoms in total. The lowest BCUT2D eigenvalue weighted by Gasteiger charge is -2.39. The van der Waals surface area contributed by atoms with Gasteiger partial charge in [-0.2, -0.15) is 0 Å². The summed E-state index contributed by atoms with van der Waals surface area (Å²) in [5, 5.41) is 10.5. The molecule has 2 amide bonds. The molecule has 0 spiro atoms. The van der Waals surface area contributed by atoms with Gasteiger partial charge in [0.15, 0.2) is 0 Å². The lowest BCUT2D eigenvalue weighted by molar-refractivity contribution is -0.133. The van der Waals surface area contributed by atoms with Crippen LogP contribution in [0.3, 0.4) is 0 Å². The minimum Gasteiger partial charge on any atom is -0.340 e. The van der Waals surface area contributed by atoms with Crippen LogP contribution in [0.25, 0.3) is 0 Å². The third kappa shape index (κ3) is 25.8. The van der Waals surface area contributed by atoms with Crippen molar-refractivity contribution in [2.45, 2.75) is 187 Å². The first kappa shape index (κ1) is 61.0.